The first-order valence-electron chi connectivity index (χ1n) is 16.1. The molecule has 0 spiro atoms. The van der Waals surface area contributed by atoms with Gasteiger partial charge in [-0.25, -0.2) is 0 Å². The van der Waals surface area contributed by atoms with Gasteiger partial charge >= 0.3 is 0 Å². The zero-order chi connectivity index (χ0) is 31.9. The van der Waals surface area contributed by atoms with Gasteiger partial charge in [0, 0.05) is 27.6 Å². The van der Waals surface area contributed by atoms with Crippen LogP contribution in [0.3, 0.4) is 0 Å². The van der Waals surface area contributed by atoms with E-state index in [1.165, 1.54) is 33.0 Å². The number of hydrogen-bond acceptors (Lipinski definition) is 3. The Balaban J connectivity index is 1.11. The maximum atomic E-state index is 6.20. The van der Waals surface area contributed by atoms with E-state index in [4.69, 9.17) is 4.42 Å². The maximum Gasteiger partial charge on any atom is 0.248 e. The number of hydrogen-bond donors (Lipinski definition) is 0. The quantitative estimate of drug-likeness (QED) is 0.187. The summed E-state index contributed by atoms with van der Waals surface area (Å²) in [5.41, 5.74) is 12.2. The van der Waals surface area contributed by atoms with Crippen LogP contribution in [0.5, 0.6) is 0 Å². The highest BCUT2D eigenvalue weighted by Crippen LogP contribution is 2.38. The topological polar surface area (TPSA) is 43.9 Å². The molecule has 0 saturated heterocycles. The van der Waals surface area contributed by atoms with Gasteiger partial charge in [-0.1, -0.05) is 115 Å². The second-order valence-corrected chi connectivity index (χ2v) is 11.9. The number of rotatable bonds is 6. The fourth-order valence-electron chi connectivity index (χ4n) is 6.59. The Kier molecular flexibility index (Phi) is 6.76. The first-order chi connectivity index (χ1) is 23.8. The van der Waals surface area contributed by atoms with Crippen molar-refractivity contribution in [2.75, 3.05) is 0 Å². The van der Waals surface area contributed by atoms with Crippen molar-refractivity contribution in [3.63, 3.8) is 0 Å². The van der Waals surface area contributed by atoms with Crippen LogP contribution in [0.25, 0.3) is 83.8 Å². The lowest BCUT2D eigenvalue weighted by atomic mass is 10.0. The summed E-state index contributed by atoms with van der Waals surface area (Å²) in [5, 5.41) is 11.2. The third-order valence-electron chi connectivity index (χ3n) is 8.99. The van der Waals surface area contributed by atoms with Crippen molar-refractivity contribution in [3.8, 4) is 62.0 Å². The summed E-state index contributed by atoms with van der Waals surface area (Å²) in [5.74, 6) is 0.988. The molecule has 9 rings (SSSR count). The van der Waals surface area contributed by atoms with Crippen LogP contribution < -0.4 is 0 Å². The van der Waals surface area contributed by atoms with Gasteiger partial charge in [-0.2, -0.15) is 0 Å². The van der Waals surface area contributed by atoms with Crippen molar-refractivity contribution in [1.82, 2.24) is 14.8 Å². The normalized spacial score (nSPS) is 11.3. The minimum absolute atomic E-state index is 0.490. The minimum atomic E-state index is 0.490. The van der Waals surface area contributed by atoms with E-state index in [9.17, 15) is 0 Å². The standard InChI is InChI=1S/C44H29N3O/c1-4-11-30(12-5-1)34-17-10-18-37(27-34)44-46-45-43(48-44)33-19-23-38(24-20-33)47-41-25-21-35(31-13-6-2-7-14-31)28-39(41)40-29-36(22-26-42(40)47)32-15-8-3-9-16-32/h1-29H. The molecule has 7 aromatic carbocycles. The number of fused-ring (bicyclic) bond motifs is 3. The largest absolute Gasteiger partial charge is 0.416 e. The summed E-state index contributed by atoms with van der Waals surface area (Å²) in [6.07, 6.45) is 0. The first kappa shape index (κ1) is 27.8. The van der Waals surface area contributed by atoms with Gasteiger partial charge in [-0.15, -0.1) is 10.2 Å². The molecule has 226 valence electrons. The van der Waals surface area contributed by atoms with Gasteiger partial charge in [0.05, 0.1) is 11.0 Å². The smallest absolute Gasteiger partial charge is 0.248 e. The van der Waals surface area contributed by atoms with Gasteiger partial charge in [0.2, 0.25) is 11.8 Å². The van der Waals surface area contributed by atoms with E-state index >= 15 is 0 Å². The molecule has 2 heterocycles. The molecule has 0 aliphatic carbocycles. The molecule has 4 nitrogen and oxygen atoms in total. The van der Waals surface area contributed by atoms with Crippen molar-refractivity contribution >= 4 is 21.8 Å². The van der Waals surface area contributed by atoms with Crippen LogP contribution in [-0.4, -0.2) is 14.8 Å². The third-order valence-corrected chi connectivity index (χ3v) is 8.99. The summed E-state index contributed by atoms with van der Waals surface area (Å²) in [6.45, 7) is 0. The van der Waals surface area contributed by atoms with E-state index < -0.39 is 0 Å². The van der Waals surface area contributed by atoms with E-state index in [2.05, 4.69) is 160 Å². The lowest BCUT2D eigenvalue weighted by Gasteiger charge is -2.09. The van der Waals surface area contributed by atoms with Crippen molar-refractivity contribution in [2.45, 2.75) is 0 Å². The second-order valence-electron chi connectivity index (χ2n) is 11.9. The Morgan fingerprint density at radius 2 is 0.750 bits per heavy atom. The highest BCUT2D eigenvalue weighted by Gasteiger charge is 2.16. The van der Waals surface area contributed by atoms with Crippen LogP contribution in [0.2, 0.25) is 0 Å². The SMILES string of the molecule is c1ccc(-c2cccc(-c3nnc(-c4ccc(-n5c6ccc(-c7ccccc7)cc6c6cc(-c7ccccc7)ccc65)cc4)o3)c2)cc1. The third kappa shape index (κ3) is 4.97. The van der Waals surface area contributed by atoms with E-state index in [1.54, 1.807) is 0 Å². The molecule has 0 N–H and O–H groups in total. The molecule has 48 heavy (non-hydrogen) atoms. The zero-order valence-corrected chi connectivity index (χ0v) is 26.0. The van der Waals surface area contributed by atoms with Gasteiger partial charge in [0.15, 0.2) is 0 Å². The van der Waals surface area contributed by atoms with Crippen LogP contribution in [0.1, 0.15) is 0 Å². The van der Waals surface area contributed by atoms with Gasteiger partial charge in [0.1, 0.15) is 0 Å². The highest BCUT2D eigenvalue weighted by molar-refractivity contribution is 6.11. The molecule has 9 aromatic rings. The molecule has 0 bridgehead atoms. The number of benzene rings is 7. The fourth-order valence-corrected chi connectivity index (χ4v) is 6.59. The average molecular weight is 616 g/mol. The summed E-state index contributed by atoms with van der Waals surface area (Å²) in [4.78, 5) is 0. The van der Waals surface area contributed by atoms with Gasteiger partial charge in [0.25, 0.3) is 0 Å². The predicted molar refractivity (Wildman–Crippen MR) is 196 cm³/mol. The molecule has 0 amide bonds. The Hall–Kier alpha value is -6.52. The van der Waals surface area contributed by atoms with E-state index in [-0.39, 0.29) is 0 Å². The van der Waals surface area contributed by atoms with Crippen molar-refractivity contribution in [2.24, 2.45) is 0 Å². The number of aromatic nitrogens is 3. The summed E-state index contributed by atoms with van der Waals surface area (Å²) in [7, 11) is 0. The van der Waals surface area contributed by atoms with Crippen molar-refractivity contribution in [1.29, 1.82) is 0 Å². The van der Waals surface area contributed by atoms with E-state index in [0.717, 1.165) is 39.0 Å². The van der Waals surface area contributed by atoms with E-state index in [0.29, 0.717) is 11.8 Å². The average Bonchev–Trinajstić information content (AvgIpc) is 3.79. The Morgan fingerprint density at radius 3 is 1.27 bits per heavy atom. The van der Waals surface area contributed by atoms with Crippen LogP contribution in [-0.2, 0) is 0 Å². The first-order valence-corrected chi connectivity index (χ1v) is 16.1. The monoisotopic (exact) mass is 615 g/mol. The Bertz CT molecular complexity index is 2430. The van der Waals surface area contributed by atoms with Crippen molar-refractivity contribution in [3.05, 3.63) is 176 Å². The lowest BCUT2D eigenvalue weighted by molar-refractivity contribution is 0.584. The fraction of sp³-hybridized carbons (Fsp3) is 0. The molecular weight excluding hydrogens is 587 g/mol. The Morgan fingerprint density at radius 1 is 0.333 bits per heavy atom. The zero-order valence-electron chi connectivity index (χ0n) is 26.0. The minimum Gasteiger partial charge on any atom is -0.416 e. The van der Waals surface area contributed by atoms with Crippen LogP contribution >= 0.6 is 0 Å². The molecule has 0 aliphatic rings. The van der Waals surface area contributed by atoms with Crippen LogP contribution in [0.15, 0.2) is 180 Å². The molecule has 0 radical (unpaired) electrons. The molecule has 2 aromatic heterocycles. The Labute approximate surface area is 278 Å². The second kappa shape index (κ2) is 11.7. The van der Waals surface area contributed by atoms with Crippen molar-refractivity contribution < 1.29 is 4.42 Å². The van der Waals surface area contributed by atoms with Crippen LogP contribution in [0, 0.1) is 0 Å². The van der Waals surface area contributed by atoms with Gasteiger partial charge in [-0.05, 0) is 94.0 Å². The molecule has 4 heteroatoms. The van der Waals surface area contributed by atoms with Gasteiger partial charge in [-0.3, -0.25) is 0 Å². The molecule has 0 aliphatic heterocycles. The lowest BCUT2D eigenvalue weighted by Crippen LogP contribution is -1.94. The highest BCUT2D eigenvalue weighted by atomic mass is 16.4. The van der Waals surface area contributed by atoms with Crippen LogP contribution in [0.4, 0.5) is 0 Å². The summed E-state index contributed by atoms with van der Waals surface area (Å²) >= 11 is 0. The summed E-state index contributed by atoms with van der Waals surface area (Å²) in [6, 6.07) is 61.5. The molecule has 0 unspecified atom stereocenters. The predicted octanol–water partition coefficient (Wildman–Crippen LogP) is 11.5. The van der Waals surface area contributed by atoms with Gasteiger partial charge < -0.3 is 8.98 Å². The maximum absolute atomic E-state index is 6.20. The number of nitrogens with zero attached hydrogens (tertiary/aromatic N) is 3. The molecule has 0 fully saturated rings. The molecule has 0 atom stereocenters. The molecular formula is C44H29N3O. The summed E-state index contributed by atoms with van der Waals surface area (Å²) < 4.78 is 8.54. The molecule has 0 saturated carbocycles. The van der Waals surface area contributed by atoms with E-state index in [1.807, 2.05) is 30.3 Å².